The lowest BCUT2D eigenvalue weighted by Gasteiger charge is -2.18. The molecule has 0 bridgehead atoms. The Balaban J connectivity index is 2.35. The van der Waals surface area contributed by atoms with Gasteiger partial charge in [0.1, 0.15) is 11.6 Å². The van der Waals surface area contributed by atoms with Crippen molar-refractivity contribution in [3.63, 3.8) is 0 Å². The second-order valence-electron chi connectivity index (χ2n) is 5.35. The number of hydrogen-bond acceptors (Lipinski definition) is 3. The van der Waals surface area contributed by atoms with Crippen LogP contribution in [-0.4, -0.2) is 26.1 Å². The van der Waals surface area contributed by atoms with Gasteiger partial charge in [-0.3, -0.25) is 0 Å². The van der Waals surface area contributed by atoms with Crippen LogP contribution in [0.3, 0.4) is 0 Å². The van der Waals surface area contributed by atoms with Gasteiger partial charge < -0.3 is 15.4 Å². The number of rotatable bonds is 5. The van der Waals surface area contributed by atoms with E-state index in [4.69, 9.17) is 10.5 Å². The Hall–Kier alpha value is -1.91. The summed E-state index contributed by atoms with van der Waals surface area (Å²) in [5.74, 6) is 0.285. The zero-order valence-electron chi connectivity index (χ0n) is 12.6. The molecule has 0 saturated carbocycles. The predicted molar refractivity (Wildman–Crippen MR) is 82.8 cm³/mol. The van der Waals surface area contributed by atoms with Gasteiger partial charge in [-0.15, -0.1) is 0 Å². The maximum atomic E-state index is 13.5. The summed E-state index contributed by atoms with van der Waals surface area (Å²) in [6.45, 7) is 0.834. The van der Waals surface area contributed by atoms with E-state index in [2.05, 4.69) is 17.0 Å². The van der Waals surface area contributed by atoms with Crippen LogP contribution in [0.5, 0.6) is 5.75 Å². The van der Waals surface area contributed by atoms with Crippen LogP contribution < -0.4 is 10.5 Å². The van der Waals surface area contributed by atoms with Crippen LogP contribution in [0.15, 0.2) is 42.5 Å². The zero-order chi connectivity index (χ0) is 15.4. The van der Waals surface area contributed by atoms with E-state index in [1.807, 2.05) is 26.2 Å². The Morgan fingerprint density at radius 3 is 2.62 bits per heavy atom. The molecular weight excluding hydrogens is 267 g/mol. The van der Waals surface area contributed by atoms with Crippen LogP contribution >= 0.6 is 0 Å². The second-order valence-corrected chi connectivity index (χ2v) is 5.35. The Morgan fingerprint density at radius 2 is 1.95 bits per heavy atom. The van der Waals surface area contributed by atoms with Crippen LogP contribution in [0, 0.1) is 5.82 Å². The monoisotopic (exact) mass is 288 g/mol. The standard InChI is InChI=1S/C17H21FN2O/c1-20(2)11-12-5-4-6-13(9-12)17(19)15-10-14(18)7-8-16(15)21-3/h4-10,17H,11,19H2,1-3H3. The SMILES string of the molecule is COc1ccc(F)cc1C(N)c1cccc(CN(C)C)c1. The molecule has 112 valence electrons. The minimum Gasteiger partial charge on any atom is -0.496 e. The fourth-order valence-corrected chi connectivity index (χ4v) is 2.38. The smallest absolute Gasteiger partial charge is 0.124 e. The Labute approximate surface area is 125 Å². The topological polar surface area (TPSA) is 38.5 Å². The molecule has 2 N–H and O–H groups in total. The van der Waals surface area contributed by atoms with Crippen LogP contribution in [0.2, 0.25) is 0 Å². The fraction of sp³-hybridized carbons (Fsp3) is 0.294. The van der Waals surface area contributed by atoms with E-state index in [-0.39, 0.29) is 5.82 Å². The Morgan fingerprint density at radius 1 is 1.19 bits per heavy atom. The average Bonchev–Trinajstić information content (AvgIpc) is 2.46. The molecule has 0 saturated heterocycles. The van der Waals surface area contributed by atoms with Gasteiger partial charge in [0.05, 0.1) is 13.2 Å². The summed E-state index contributed by atoms with van der Waals surface area (Å²) >= 11 is 0. The van der Waals surface area contributed by atoms with Gasteiger partial charge in [0.15, 0.2) is 0 Å². The quantitative estimate of drug-likeness (QED) is 0.919. The molecular formula is C17H21FN2O. The molecule has 0 aliphatic carbocycles. The molecule has 1 unspecified atom stereocenters. The minimum absolute atomic E-state index is 0.314. The first-order chi connectivity index (χ1) is 10.0. The maximum absolute atomic E-state index is 13.5. The molecule has 0 aromatic heterocycles. The summed E-state index contributed by atoms with van der Waals surface area (Å²) < 4.78 is 18.8. The molecule has 2 rings (SSSR count). The number of hydrogen-bond donors (Lipinski definition) is 1. The zero-order valence-corrected chi connectivity index (χ0v) is 12.6. The van der Waals surface area contributed by atoms with Gasteiger partial charge in [-0.05, 0) is 43.4 Å². The lowest BCUT2D eigenvalue weighted by atomic mass is 9.97. The predicted octanol–water partition coefficient (Wildman–Crippen LogP) is 2.94. The molecule has 3 nitrogen and oxygen atoms in total. The molecule has 0 aliphatic rings. The van der Waals surface area contributed by atoms with E-state index in [1.165, 1.54) is 17.7 Å². The third-order valence-corrected chi connectivity index (χ3v) is 3.34. The Kier molecular flexibility index (Phi) is 4.94. The fourth-order valence-electron chi connectivity index (χ4n) is 2.38. The van der Waals surface area contributed by atoms with Crippen molar-refractivity contribution < 1.29 is 9.13 Å². The summed E-state index contributed by atoms with van der Waals surface area (Å²) in [5.41, 5.74) is 9.07. The molecule has 2 aromatic carbocycles. The van der Waals surface area contributed by atoms with E-state index in [1.54, 1.807) is 13.2 Å². The van der Waals surface area contributed by atoms with E-state index in [0.717, 1.165) is 12.1 Å². The van der Waals surface area contributed by atoms with Gasteiger partial charge in [0.25, 0.3) is 0 Å². The largest absolute Gasteiger partial charge is 0.496 e. The molecule has 1 atom stereocenters. The van der Waals surface area contributed by atoms with Gasteiger partial charge in [0, 0.05) is 12.1 Å². The van der Waals surface area contributed by atoms with Crippen molar-refractivity contribution in [1.29, 1.82) is 0 Å². The minimum atomic E-state index is -0.419. The van der Waals surface area contributed by atoms with Crippen molar-refractivity contribution in [2.45, 2.75) is 12.6 Å². The van der Waals surface area contributed by atoms with Crippen molar-refractivity contribution >= 4 is 0 Å². The summed E-state index contributed by atoms with van der Waals surface area (Å²) in [6, 6.07) is 12.0. The number of halogens is 1. The van der Waals surface area contributed by atoms with Crippen molar-refractivity contribution in [2.24, 2.45) is 5.73 Å². The van der Waals surface area contributed by atoms with Crippen molar-refractivity contribution in [3.05, 3.63) is 65.0 Å². The van der Waals surface area contributed by atoms with Gasteiger partial charge in [0.2, 0.25) is 0 Å². The second kappa shape index (κ2) is 6.70. The first-order valence-corrected chi connectivity index (χ1v) is 6.84. The number of methoxy groups -OCH3 is 1. The van der Waals surface area contributed by atoms with Crippen molar-refractivity contribution in [1.82, 2.24) is 4.90 Å². The summed E-state index contributed by atoms with van der Waals surface area (Å²) in [7, 11) is 5.59. The van der Waals surface area contributed by atoms with Gasteiger partial charge in [-0.1, -0.05) is 24.3 Å². The van der Waals surface area contributed by atoms with Crippen LogP contribution in [0.4, 0.5) is 4.39 Å². The third-order valence-electron chi connectivity index (χ3n) is 3.34. The summed E-state index contributed by atoms with van der Waals surface area (Å²) in [5, 5.41) is 0. The molecule has 0 aliphatic heterocycles. The van der Waals surface area contributed by atoms with Crippen LogP contribution in [0.1, 0.15) is 22.7 Å². The molecule has 2 aromatic rings. The van der Waals surface area contributed by atoms with Gasteiger partial charge in [-0.25, -0.2) is 4.39 Å². The molecule has 21 heavy (non-hydrogen) atoms. The van der Waals surface area contributed by atoms with Gasteiger partial charge >= 0.3 is 0 Å². The number of ether oxygens (including phenoxy) is 1. The molecule has 0 fully saturated rings. The normalized spacial score (nSPS) is 12.5. The first-order valence-electron chi connectivity index (χ1n) is 6.84. The first kappa shape index (κ1) is 15.5. The lowest BCUT2D eigenvalue weighted by Crippen LogP contribution is -2.15. The highest BCUT2D eigenvalue weighted by atomic mass is 19.1. The van der Waals surface area contributed by atoms with Gasteiger partial charge in [-0.2, -0.15) is 0 Å². The maximum Gasteiger partial charge on any atom is 0.124 e. The average molecular weight is 288 g/mol. The lowest BCUT2D eigenvalue weighted by molar-refractivity contribution is 0.402. The van der Waals surface area contributed by atoms with Crippen molar-refractivity contribution in [3.8, 4) is 5.75 Å². The highest BCUT2D eigenvalue weighted by Crippen LogP contribution is 2.29. The number of benzene rings is 2. The van der Waals surface area contributed by atoms with Crippen LogP contribution in [0.25, 0.3) is 0 Å². The van der Waals surface area contributed by atoms with Crippen molar-refractivity contribution in [2.75, 3.05) is 21.2 Å². The summed E-state index contributed by atoms with van der Waals surface area (Å²) in [4.78, 5) is 2.09. The highest BCUT2D eigenvalue weighted by Gasteiger charge is 2.15. The molecule has 0 heterocycles. The van der Waals surface area contributed by atoms with E-state index >= 15 is 0 Å². The molecule has 0 spiro atoms. The van der Waals surface area contributed by atoms with Crippen LogP contribution in [-0.2, 0) is 6.54 Å². The van der Waals surface area contributed by atoms with E-state index in [0.29, 0.717) is 11.3 Å². The molecule has 0 amide bonds. The van der Waals surface area contributed by atoms with E-state index in [9.17, 15) is 4.39 Å². The highest BCUT2D eigenvalue weighted by molar-refractivity contribution is 5.42. The number of nitrogens with zero attached hydrogens (tertiary/aromatic N) is 1. The molecule has 0 radical (unpaired) electrons. The summed E-state index contributed by atoms with van der Waals surface area (Å²) in [6.07, 6.45) is 0. The Bertz CT molecular complexity index is 613. The molecule has 4 heteroatoms. The number of nitrogens with two attached hydrogens (primary N) is 1. The van der Waals surface area contributed by atoms with E-state index < -0.39 is 6.04 Å². The third kappa shape index (κ3) is 3.80.